The SMILES string of the molecule is CNC(=O)c1cccc(NC(=O)CN2C(=O)C(=O)N([C@@H]3CCCC[C@H]3C)C2=O)c1. The maximum atomic E-state index is 12.7. The Kier molecular flexibility index (Phi) is 5.95. The first kappa shape index (κ1) is 20.5. The fraction of sp³-hybridized carbons (Fsp3) is 0.450. The summed E-state index contributed by atoms with van der Waals surface area (Å²) < 4.78 is 0. The minimum absolute atomic E-state index is 0.116. The lowest BCUT2D eigenvalue weighted by atomic mass is 9.85. The highest BCUT2D eigenvalue weighted by Crippen LogP contribution is 2.31. The van der Waals surface area contributed by atoms with E-state index in [4.69, 9.17) is 0 Å². The third-order valence-corrected chi connectivity index (χ3v) is 5.42. The molecule has 154 valence electrons. The molecule has 9 heteroatoms. The monoisotopic (exact) mass is 400 g/mol. The Morgan fingerprint density at radius 3 is 2.52 bits per heavy atom. The van der Waals surface area contributed by atoms with Crippen molar-refractivity contribution in [3.05, 3.63) is 29.8 Å². The second kappa shape index (κ2) is 8.42. The molecule has 2 N–H and O–H groups in total. The van der Waals surface area contributed by atoms with Gasteiger partial charge in [0, 0.05) is 24.3 Å². The highest BCUT2D eigenvalue weighted by atomic mass is 16.2. The van der Waals surface area contributed by atoms with E-state index < -0.39 is 30.3 Å². The molecule has 0 unspecified atom stereocenters. The van der Waals surface area contributed by atoms with Crippen molar-refractivity contribution in [1.82, 2.24) is 15.1 Å². The van der Waals surface area contributed by atoms with Gasteiger partial charge in [0.05, 0.1) is 0 Å². The van der Waals surface area contributed by atoms with Gasteiger partial charge in [0.1, 0.15) is 6.54 Å². The van der Waals surface area contributed by atoms with E-state index in [1.165, 1.54) is 13.1 Å². The minimum atomic E-state index is -0.984. The molecule has 29 heavy (non-hydrogen) atoms. The van der Waals surface area contributed by atoms with Gasteiger partial charge in [-0.1, -0.05) is 25.8 Å². The maximum absolute atomic E-state index is 12.7. The molecule has 0 bridgehead atoms. The van der Waals surface area contributed by atoms with Crippen LogP contribution in [0.4, 0.5) is 10.5 Å². The Balaban J connectivity index is 1.69. The van der Waals surface area contributed by atoms with Crippen LogP contribution in [0.2, 0.25) is 0 Å². The van der Waals surface area contributed by atoms with Crippen LogP contribution < -0.4 is 10.6 Å². The van der Waals surface area contributed by atoms with Gasteiger partial charge >= 0.3 is 17.8 Å². The number of anilines is 1. The van der Waals surface area contributed by atoms with Gasteiger partial charge in [0.25, 0.3) is 5.91 Å². The van der Waals surface area contributed by atoms with Crippen LogP contribution >= 0.6 is 0 Å². The largest absolute Gasteiger partial charge is 0.355 e. The Hall–Kier alpha value is -3.23. The zero-order valence-corrected chi connectivity index (χ0v) is 16.4. The molecule has 0 spiro atoms. The zero-order chi connectivity index (χ0) is 21.1. The first-order valence-electron chi connectivity index (χ1n) is 9.64. The first-order chi connectivity index (χ1) is 13.8. The normalized spacial score (nSPS) is 22.1. The summed E-state index contributed by atoms with van der Waals surface area (Å²) in [5.41, 5.74) is 0.700. The van der Waals surface area contributed by atoms with Crippen molar-refractivity contribution in [2.45, 2.75) is 38.6 Å². The average Bonchev–Trinajstić information content (AvgIpc) is 2.91. The molecule has 1 aromatic carbocycles. The number of rotatable bonds is 5. The van der Waals surface area contributed by atoms with Gasteiger partial charge in [-0.2, -0.15) is 0 Å². The van der Waals surface area contributed by atoms with E-state index >= 15 is 0 Å². The lowest BCUT2D eigenvalue weighted by molar-refractivity contribution is -0.145. The van der Waals surface area contributed by atoms with Crippen molar-refractivity contribution in [3.63, 3.8) is 0 Å². The minimum Gasteiger partial charge on any atom is -0.355 e. The molecule has 1 aliphatic heterocycles. The topological polar surface area (TPSA) is 116 Å². The summed E-state index contributed by atoms with van der Waals surface area (Å²) in [5.74, 6) is -2.68. The molecule has 6 amide bonds. The van der Waals surface area contributed by atoms with Crippen molar-refractivity contribution < 1.29 is 24.0 Å². The van der Waals surface area contributed by atoms with Crippen LogP contribution in [0.3, 0.4) is 0 Å². The van der Waals surface area contributed by atoms with E-state index in [0.717, 1.165) is 24.2 Å². The van der Waals surface area contributed by atoms with Crippen molar-refractivity contribution in [2.24, 2.45) is 5.92 Å². The molecule has 3 rings (SSSR count). The van der Waals surface area contributed by atoms with E-state index in [0.29, 0.717) is 22.6 Å². The van der Waals surface area contributed by atoms with Gasteiger partial charge in [0.2, 0.25) is 5.91 Å². The van der Waals surface area contributed by atoms with E-state index in [9.17, 15) is 24.0 Å². The number of carbonyl (C=O) groups is 5. The number of hydrogen-bond donors (Lipinski definition) is 2. The van der Waals surface area contributed by atoms with Crippen LogP contribution in [-0.4, -0.2) is 59.1 Å². The summed E-state index contributed by atoms with van der Waals surface area (Å²) in [5, 5.41) is 5.04. The van der Waals surface area contributed by atoms with Gasteiger partial charge in [-0.15, -0.1) is 0 Å². The number of benzene rings is 1. The summed E-state index contributed by atoms with van der Waals surface area (Å²) in [4.78, 5) is 63.2. The fourth-order valence-corrected chi connectivity index (χ4v) is 3.86. The summed E-state index contributed by atoms with van der Waals surface area (Å²) in [6.07, 6.45) is 3.47. The molecule has 1 saturated carbocycles. The van der Waals surface area contributed by atoms with E-state index in [2.05, 4.69) is 10.6 Å². The van der Waals surface area contributed by atoms with Crippen LogP contribution in [0.25, 0.3) is 0 Å². The number of imide groups is 2. The lowest BCUT2D eigenvalue weighted by Gasteiger charge is -2.34. The van der Waals surface area contributed by atoms with Crippen LogP contribution in [0.1, 0.15) is 43.0 Å². The number of amides is 6. The van der Waals surface area contributed by atoms with E-state index in [-0.39, 0.29) is 17.9 Å². The van der Waals surface area contributed by atoms with Gasteiger partial charge in [0.15, 0.2) is 0 Å². The first-order valence-corrected chi connectivity index (χ1v) is 9.64. The zero-order valence-electron chi connectivity index (χ0n) is 16.4. The third-order valence-electron chi connectivity index (χ3n) is 5.42. The van der Waals surface area contributed by atoms with Gasteiger partial charge < -0.3 is 10.6 Å². The Bertz CT molecular complexity index is 868. The van der Waals surface area contributed by atoms with Crippen LogP contribution in [0, 0.1) is 5.92 Å². The second-order valence-corrected chi connectivity index (χ2v) is 7.39. The number of carbonyl (C=O) groups excluding carboxylic acids is 5. The molecular weight excluding hydrogens is 376 g/mol. The third kappa shape index (κ3) is 4.13. The Morgan fingerprint density at radius 1 is 1.10 bits per heavy atom. The van der Waals surface area contributed by atoms with Crippen LogP contribution in [-0.2, 0) is 14.4 Å². The quantitative estimate of drug-likeness (QED) is 0.572. The summed E-state index contributed by atoms with van der Waals surface area (Å²) in [6.45, 7) is 1.40. The van der Waals surface area contributed by atoms with Crippen molar-refractivity contribution in [3.8, 4) is 0 Å². The van der Waals surface area contributed by atoms with Gasteiger partial charge in [-0.25, -0.2) is 9.69 Å². The summed E-state index contributed by atoms with van der Waals surface area (Å²) in [6, 6.07) is 5.19. The number of nitrogens with zero attached hydrogens (tertiary/aromatic N) is 2. The number of nitrogens with one attached hydrogen (secondary N) is 2. The van der Waals surface area contributed by atoms with Gasteiger partial charge in [-0.05, 0) is 37.0 Å². The Labute approximate surface area is 168 Å². The number of hydrogen-bond acceptors (Lipinski definition) is 5. The molecule has 9 nitrogen and oxygen atoms in total. The predicted octanol–water partition coefficient (Wildman–Crippen LogP) is 1.35. The molecule has 2 fully saturated rings. The molecule has 1 aliphatic carbocycles. The molecular formula is C20H24N4O5. The predicted molar refractivity (Wildman–Crippen MR) is 104 cm³/mol. The van der Waals surface area contributed by atoms with Crippen LogP contribution in [0.15, 0.2) is 24.3 Å². The molecule has 1 heterocycles. The van der Waals surface area contributed by atoms with E-state index in [1.807, 2.05) is 6.92 Å². The van der Waals surface area contributed by atoms with Crippen molar-refractivity contribution in [1.29, 1.82) is 0 Å². The van der Waals surface area contributed by atoms with Crippen molar-refractivity contribution >= 4 is 35.3 Å². The molecule has 2 aliphatic rings. The second-order valence-electron chi connectivity index (χ2n) is 7.39. The number of urea groups is 1. The highest BCUT2D eigenvalue weighted by Gasteiger charge is 2.49. The van der Waals surface area contributed by atoms with Crippen molar-refractivity contribution in [2.75, 3.05) is 18.9 Å². The molecule has 2 atom stereocenters. The van der Waals surface area contributed by atoms with Gasteiger partial charge in [-0.3, -0.25) is 24.1 Å². The van der Waals surface area contributed by atoms with E-state index in [1.54, 1.807) is 18.2 Å². The summed E-state index contributed by atoms with van der Waals surface area (Å²) in [7, 11) is 1.49. The lowest BCUT2D eigenvalue weighted by Crippen LogP contribution is -2.46. The highest BCUT2D eigenvalue weighted by molar-refractivity contribution is 6.45. The standard InChI is InChI=1S/C20H24N4O5/c1-12-6-3-4-9-15(12)24-19(28)18(27)23(20(24)29)11-16(25)22-14-8-5-7-13(10-14)17(26)21-2/h5,7-8,10,12,15H,3-4,6,9,11H2,1-2H3,(H,21,26)(H,22,25)/t12-,15-/m1/s1. The molecule has 1 aromatic rings. The smallest absolute Gasteiger partial charge is 0.334 e. The summed E-state index contributed by atoms with van der Waals surface area (Å²) >= 11 is 0. The molecule has 1 saturated heterocycles. The van der Waals surface area contributed by atoms with Crippen LogP contribution in [0.5, 0.6) is 0 Å². The molecule has 0 aromatic heterocycles. The Morgan fingerprint density at radius 2 is 1.83 bits per heavy atom. The fourth-order valence-electron chi connectivity index (χ4n) is 3.86. The maximum Gasteiger partial charge on any atom is 0.334 e. The molecule has 0 radical (unpaired) electrons. The average molecular weight is 400 g/mol.